The molecule has 2 amide bonds. The number of hydrogen-bond donors (Lipinski definition) is 1. The number of fused-ring (bicyclic) bond motifs is 1. The van der Waals surface area contributed by atoms with Crippen LogP contribution in [0.2, 0.25) is 0 Å². The van der Waals surface area contributed by atoms with Crippen molar-refractivity contribution in [3.05, 3.63) is 30.1 Å². The maximum absolute atomic E-state index is 12.3. The summed E-state index contributed by atoms with van der Waals surface area (Å²) in [5, 5.41) is 2.90. The van der Waals surface area contributed by atoms with Crippen molar-refractivity contribution in [1.82, 2.24) is 19.8 Å². The van der Waals surface area contributed by atoms with E-state index in [9.17, 15) is 9.59 Å². The number of imidazole rings is 1. The highest BCUT2D eigenvalue weighted by molar-refractivity contribution is 5.81. The fourth-order valence-corrected chi connectivity index (χ4v) is 3.03. The summed E-state index contributed by atoms with van der Waals surface area (Å²) >= 11 is 0. The summed E-state index contributed by atoms with van der Waals surface area (Å²) < 4.78 is 2.15. The second kappa shape index (κ2) is 7.68. The molecule has 1 N–H and O–H groups in total. The summed E-state index contributed by atoms with van der Waals surface area (Å²) in [6.45, 7) is 3.98. The lowest BCUT2D eigenvalue weighted by molar-refractivity contribution is -0.131. The van der Waals surface area contributed by atoms with Gasteiger partial charge in [0.15, 0.2) is 0 Å². The number of carbonyl (C=O) groups excluding carboxylic acids is 2. The Morgan fingerprint density at radius 1 is 1.32 bits per heavy atom. The van der Waals surface area contributed by atoms with Crippen LogP contribution < -0.4 is 5.32 Å². The van der Waals surface area contributed by atoms with Crippen LogP contribution in [0.25, 0.3) is 11.0 Å². The lowest BCUT2D eigenvalue weighted by Gasteiger charge is -2.17. The van der Waals surface area contributed by atoms with Crippen LogP contribution >= 0.6 is 0 Å². The summed E-state index contributed by atoms with van der Waals surface area (Å²) in [4.78, 5) is 30.3. The van der Waals surface area contributed by atoms with E-state index in [0.29, 0.717) is 25.9 Å². The Bertz CT molecular complexity index is 764. The van der Waals surface area contributed by atoms with Crippen molar-refractivity contribution in [3.8, 4) is 0 Å². The fraction of sp³-hybridized carbons (Fsp3) is 0.526. The van der Waals surface area contributed by atoms with Gasteiger partial charge in [0.25, 0.3) is 0 Å². The highest BCUT2D eigenvalue weighted by Crippen LogP contribution is 2.28. The van der Waals surface area contributed by atoms with Gasteiger partial charge in [0.2, 0.25) is 11.8 Å². The third kappa shape index (κ3) is 4.18. The van der Waals surface area contributed by atoms with Crippen LogP contribution in [0.4, 0.5) is 0 Å². The van der Waals surface area contributed by atoms with E-state index in [4.69, 9.17) is 0 Å². The maximum Gasteiger partial charge on any atom is 0.223 e. The van der Waals surface area contributed by atoms with Gasteiger partial charge in [-0.2, -0.15) is 0 Å². The average molecular weight is 342 g/mol. The molecule has 0 atom stereocenters. The molecule has 1 aliphatic carbocycles. The van der Waals surface area contributed by atoms with E-state index in [1.165, 1.54) is 0 Å². The average Bonchev–Trinajstić information content (AvgIpc) is 3.40. The Morgan fingerprint density at radius 3 is 2.80 bits per heavy atom. The maximum atomic E-state index is 12.3. The van der Waals surface area contributed by atoms with Gasteiger partial charge in [-0.15, -0.1) is 0 Å². The van der Waals surface area contributed by atoms with Crippen molar-refractivity contribution in [2.24, 2.45) is 5.92 Å². The van der Waals surface area contributed by atoms with E-state index in [2.05, 4.69) is 27.9 Å². The van der Waals surface area contributed by atoms with E-state index in [1.54, 1.807) is 4.90 Å². The third-order valence-corrected chi connectivity index (χ3v) is 4.67. The highest BCUT2D eigenvalue weighted by Gasteiger charge is 2.29. The van der Waals surface area contributed by atoms with Crippen molar-refractivity contribution >= 4 is 22.8 Å². The quantitative estimate of drug-likeness (QED) is 0.749. The first-order valence-corrected chi connectivity index (χ1v) is 9.06. The van der Waals surface area contributed by atoms with Crippen LogP contribution in [-0.2, 0) is 22.7 Å². The predicted molar refractivity (Wildman–Crippen MR) is 96.8 cm³/mol. The first-order valence-electron chi connectivity index (χ1n) is 9.06. The number of amides is 2. The van der Waals surface area contributed by atoms with Gasteiger partial charge in [-0.25, -0.2) is 4.98 Å². The Kier molecular flexibility index (Phi) is 5.36. The van der Waals surface area contributed by atoms with Gasteiger partial charge in [0, 0.05) is 32.5 Å². The van der Waals surface area contributed by atoms with E-state index in [1.807, 2.05) is 25.2 Å². The van der Waals surface area contributed by atoms with Gasteiger partial charge < -0.3 is 14.8 Å². The zero-order valence-corrected chi connectivity index (χ0v) is 15.0. The molecular weight excluding hydrogens is 316 g/mol. The fourth-order valence-electron chi connectivity index (χ4n) is 3.03. The minimum Gasteiger partial charge on any atom is -0.356 e. The molecule has 134 valence electrons. The first-order chi connectivity index (χ1) is 12.1. The summed E-state index contributed by atoms with van der Waals surface area (Å²) in [5.41, 5.74) is 2.06. The number of hydrogen-bond acceptors (Lipinski definition) is 3. The Hall–Kier alpha value is -2.37. The van der Waals surface area contributed by atoms with Gasteiger partial charge in [-0.1, -0.05) is 12.1 Å². The predicted octanol–water partition coefficient (Wildman–Crippen LogP) is 2.32. The number of aromatic nitrogens is 2. The molecule has 1 heterocycles. The van der Waals surface area contributed by atoms with E-state index in [-0.39, 0.29) is 17.7 Å². The molecule has 1 aliphatic rings. The second-order valence-corrected chi connectivity index (χ2v) is 6.68. The lowest BCUT2D eigenvalue weighted by atomic mass is 10.2. The summed E-state index contributed by atoms with van der Waals surface area (Å²) in [7, 11) is 1.81. The van der Waals surface area contributed by atoms with Crippen LogP contribution in [0, 0.1) is 5.92 Å². The topological polar surface area (TPSA) is 67.2 Å². The van der Waals surface area contributed by atoms with Crippen LogP contribution in [0.3, 0.4) is 0 Å². The Morgan fingerprint density at radius 2 is 2.08 bits per heavy atom. The number of nitrogens with one attached hydrogen (secondary N) is 1. The Balaban J connectivity index is 1.51. The number of nitrogens with zero attached hydrogens (tertiary/aromatic N) is 3. The largest absolute Gasteiger partial charge is 0.356 e. The van der Waals surface area contributed by atoms with Gasteiger partial charge in [-0.3, -0.25) is 9.59 Å². The molecule has 6 heteroatoms. The normalized spacial score (nSPS) is 13.8. The summed E-state index contributed by atoms with van der Waals surface area (Å²) in [6, 6.07) is 8.03. The smallest absolute Gasteiger partial charge is 0.223 e. The number of aryl methyl sites for hydroxylation is 1. The van der Waals surface area contributed by atoms with Gasteiger partial charge in [0.1, 0.15) is 5.82 Å². The molecule has 2 aromatic rings. The van der Waals surface area contributed by atoms with Gasteiger partial charge in [0.05, 0.1) is 17.6 Å². The van der Waals surface area contributed by atoms with Crippen molar-refractivity contribution < 1.29 is 9.59 Å². The zero-order chi connectivity index (χ0) is 17.8. The SMILES string of the molecule is CCn1c(CN(C)C(=O)CCCNC(=O)C2CC2)nc2ccccc21. The van der Waals surface area contributed by atoms with Gasteiger partial charge in [-0.05, 0) is 38.3 Å². The molecule has 0 radical (unpaired) electrons. The minimum atomic E-state index is 0.0791. The lowest BCUT2D eigenvalue weighted by Crippen LogP contribution is -2.30. The molecule has 0 bridgehead atoms. The van der Waals surface area contributed by atoms with Crippen LogP contribution in [0.1, 0.15) is 38.4 Å². The Labute approximate surface area is 148 Å². The van der Waals surface area contributed by atoms with Crippen molar-refractivity contribution in [2.75, 3.05) is 13.6 Å². The molecule has 1 aromatic heterocycles. The minimum absolute atomic E-state index is 0.0791. The van der Waals surface area contributed by atoms with Crippen molar-refractivity contribution in [2.45, 2.75) is 45.7 Å². The van der Waals surface area contributed by atoms with Crippen LogP contribution in [0.15, 0.2) is 24.3 Å². The molecule has 0 spiro atoms. The van der Waals surface area contributed by atoms with Crippen LogP contribution in [0.5, 0.6) is 0 Å². The summed E-state index contributed by atoms with van der Waals surface area (Å²) in [6.07, 6.45) is 3.12. The molecule has 1 aromatic carbocycles. The standard InChI is InChI=1S/C19H26N4O2/c1-3-23-16-8-5-4-7-15(16)21-17(23)13-22(2)18(24)9-6-12-20-19(25)14-10-11-14/h4-5,7-8,14H,3,6,9-13H2,1-2H3,(H,20,25). The zero-order valence-electron chi connectivity index (χ0n) is 15.0. The molecule has 0 aliphatic heterocycles. The third-order valence-electron chi connectivity index (χ3n) is 4.67. The van der Waals surface area contributed by atoms with Crippen LogP contribution in [-0.4, -0.2) is 39.9 Å². The molecule has 1 fully saturated rings. The number of carbonyl (C=O) groups is 2. The van der Waals surface area contributed by atoms with Gasteiger partial charge >= 0.3 is 0 Å². The second-order valence-electron chi connectivity index (χ2n) is 6.68. The van der Waals surface area contributed by atoms with E-state index in [0.717, 1.165) is 36.2 Å². The monoisotopic (exact) mass is 342 g/mol. The molecular formula is C19H26N4O2. The molecule has 6 nitrogen and oxygen atoms in total. The molecule has 1 saturated carbocycles. The van der Waals surface area contributed by atoms with Crippen molar-refractivity contribution in [3.63, 3.8) is 0 Å². The summed E-state index contributed by atoms with van der Waals surface area (Å²) in [5.74, 6) is 1.34. The number of para-hydroxylation sites is 2. The highest BCUT2D eigenvalue weighted by atomic mass is 16.2. The molecule has 0 saturated heterocycles. The molecule has 0 unspecified atom stereocenters. The number of rotatable bonds is 8. The molecule has 25 heavy (non-hydrogen) atoms. The van der Waals surface area contributed by atoms with E-state index >= 15 is 0 Å². The molecule has 3 rings (SSSR count). The number of benzene rings is 1. The first kappa shape index (κ1) is 17.5. The van der Waals surface area contributed by atoms with Crippen molar-refractivity contribution in [1.29, 1.82) is 0 Å². The van der Waals surface area contributed by atoms with E-state index < -0.39 is 0 Å².